The van der Waals surface area contributed by atoms with Crippen LogP contribution in [0.5, 0.6) is 0 Å². The van der Waals surface area contributed by atoms with Crippen molar-refractivity contribution < 1.29 is 76.6 Å². The molecule has 2 aliphatic heterocycles. The zero-order valence-corrected chi connectivity index (χ0v) is 26.9. The maximum atomic E-state index is 12.4. The van der Waals surface area contributed by atoms with Gasteiger partial charge in [-0.05, 0) is 6.07 Å². The number of carbonyl (C=O) groups is 1. The van der Waals surface area contributed by atoms with Gasteiger partial charge in [0.25, 0.3) is 6.23 Å². The number of aliphatic hydroxyl groups excluding tert-OH is 4. The number of fused-ring (bicyclic) bond motifs is 1. The number of phosphoric ester groups is 2. The maximum absolute atomic E-state index is 12.4. The summed E-state index contributed by atoms with van der Waals surface area (Å²) in [5.74, 6) is -1.22. The number of imidazole rings is 1. The molecule has 0 bridgehead atoms. The van der Waals surface area contributed by atoms with Crippen LogP contribution in [0, 0.1) is 0 Å². The fourth-order valence-corrected chi connectivity index (χ4v) is 6.65. The van der Waals surface area contributed by atoms with E-state index in [1.165, 1.54) is 29.2 Å². The third-order valence-corrected chi connectivity index (χ3v) is 9.31. The van der Waals surface area contributed by atoms with E-state index in [9.17, 15) is 44.1 Å². The van der Waals surface area contributed by atoms with Gasteiger partial charge in [-0.15, -0.1) is 0 Å². The number of nitrogens with two attached hydrogens (primary N) is 1. The third kappa shape index (κ3) is 7.77. The number of nitrogens with zero attached hydrogens (tertiary/aromatic N) is 5. The van der Waals surface area contributed by atoms with Crippen molar-refractivity contribution in [3.05, 3.63) is 42.7 Å². The van der Waals surface area contributed by atoms with Crippen LogP contribution in [0.3, 0.4) is 0 Å². The van der Waals surface area contributed by atoms with Crippen LogP contribution in [0.2, 0.25) is 0 Å². The first-order chi connectivity index (χ1) is 20.7. The number of pyridine rings is 1. The van der Waals surface area contributed by atoms with E-state index in [0.29, 0.717) is 0 Å². The molecule has 241 valence electrons. The van der Waals surface area contributed by atoms with Crippen LogP contribution in [0.15, 0.2) is 37.2 Å². The number of hydrogen-bond donors (Lipinski definition) is 8. The summed E-state index contributed by atoms with van der Waals surface area (Å²) in [6.45, 7) is -1.83. The van der Waals surface area contributed by atoms with Crippen molar-refractivity contribution in [3.8, 4) is 0 Å². The standard InChI is InChI=1S/C21H26N6O15P2.Na/c22-17-12-18(24-7-23-17)27(8-25-12)20-16(31)14(29)11(41-20)6-39-44(36,37)42-43(34,35)38-5-10-13(28)15(30)19(40-10)26-3-1-2-9(4-26)21(32)33;/h1-4,7-8,10-11,13-16,19-20,28-31H,5-6H2,(H4-,22,23,24,32,33,34,35,36,37);/p+1/t10-,11-,13-,14-,15-,16-,19-,20-;/m1./s1. The number of anilines is 1. The van der Waals surface area contributed by atoms with Crippen LogP contribution in [0.25, 0.3) is 11.2 Å². The first kappa shape index (κ1) is 35.8. The molecular formula is C21H27N6NaO15P2+. The Hall–Kier alpha value is -2.01. The van der Waals surface area contributed by atoms with E-state index in [2.05, 4.69) is 23.8 Å². The minimum Gasteiger partial charge on any atom is -0.477 e. The van der Waals surface area contributed by atoms with E-state index in [1.54, 1.807) is 0 Å². The molecule has 0 amide bonds. The molecule has 10 atom stereocenters. The molecule has 5 heterocycles. The van der Waals surface area contributed by atoms with Crippen molar-refractivity contribution in [2.75, 3.05) is 18.9 Å². The Labute approximate surface area is 274 Å². The zero-order valence-electron chi connectivity index (χ0n) is 23.1. The molecule has 21 nitrogen and oxygen atoms in total. The predicted octanol–water partition coefficient (Wildman–Crippen LogP) is -2.80. The van der Waals surface area contributed by atoms with Gasteiger partial charge >= 0.3 is 21.6 Å². The molecule has 0 aliphatic carbocycles. The van der Waals surface area contributed by atoms with E-state index < -0.39 is 83.9 Å². The van der Waals surface area contributed by atoms with E-state index >= 15 is 0 Å². The number of ether oxygens (including phenoxy) is 2. The summed E-state index contributed by atoms with van der Waals surface area (Å²) >= 11 is 0. The minimum atomic E-state index is -5.38. The molecule has 2 unspecified atom stereocenters. The summed E-state index contributed by atoms with van der Waals surface area (Å²) in [5, 5.41) is 50.7. The van der Waals surface area contributed by atoms with Gasteiger partial charge in [0.2, 0.25) is 0 Å². The van der Waals surface area contributed by atoms with E-state index in [4.69, 9.17) is 24.8 Å². The third-order valence-electron chi connectivity index (χ3n) is 6.71. The summed E-state index contributed by atoms with van der Waals surface area (Å²) in [6, 6.07) is 2.63. The molecule has 2 aliphatic rings. The van der Waals surface area contributed by atoms with Gasteiger partial charge in [0.1, 0.15) is 47.9 Å². The first-order valence-electron chi connectivity index (χ1n) is 12.5. The molecule has 0 saturated carbocycles. The Balaban J connectivity index is 0.00000461. The van der Waals surface area contributed by atoms with E-state index in [-0.39, 0.29) is 52.1 Å². The van der Waals surface area contributed by atoms with Crippen LogP contribution in [0.1, 0.15) is 22.8 Å². The molecular weight excluding hydrogens is 661 g/mol. The van der Waals surface area contributed by atoms with Crippen LogP contribution in [-0.2, 0) is 32.0 Å². The molecule has 2 saturated heterocycles. The maximum Gasteiger partial charge on any atom is 0.481 e. The Kier molecular flexibility index (Phi) is 11.1. The average molecular weight is 688 g/mol. The van der Waals surface area contributed by atoms with Crippen molar-refractivity contribution >= 4 is 68.2 Å². The molecule has 1 radical (unpaired) electrons. The molecule has 9 N–H and O–H groups in total. The van der Waals surface area contributed by atoms with Gasteiger partial charge in [0.15, 0.2) is 36.2 Å². The summed E-state index contributed by atoms with van der Waals surface area (Å²) in [6.07, 6.45) is -7.22. The number of aromatic nitrogens is 5. The fourth-order valence-electron chi connectivity index (χ4n) is 4.56. The number of aliphatic hydroxyl groups is 4. The number of aromatic carboxylic acids is 1. The summed E-state index contributed by atoms with van der Waals surface area (Å²) < 4.78 is 51.8. The number of carboxylic acid groups (broad SMARTS) is 1. The molecule has 5 rings (SSSR count). The van der Waals surface area contributed by atoms with Gasteiger partial charge in [0.05, 0.1) is 19.5 Å². The SMILES string of the molecule is Nc1ncnc2c1ncn2[C@@H]1O[C@H](COP(=O)(O)OP(=O)(O)OC[C@H]2O[C@@H]([n+]3cccc(C(=O)O)c3)[C@H](O)[C@@H]2O)[C@@H](O)[C@H]1O.[Na]. The van der Waals surface area contributed by atoms with Gasteiger partial charge in [-0.3, -0.25) is 13.6 Å². The van der Waals surface area contributed by atoms with E-state index in [0.717, 1.165) is 17.1 Å². The predicted molar refractivity (Wildman–Crippen MR) is 144 cm³/mol. The molecule has 3 aromatic rings. The molecule has 24 heteroatoms. The summed E-state index contributed by atoms with van der Waals surface area (Å²) in [5.41, 5.74) is 5.94. The number of hydrogen-bond acceptors (Lipinski definition) is 16. The molecule has 2 fully saturated rings. The van der Waals surface area contributed by atoms with Gasteiger partial charge in [-0.2, -0.15) is 8.88 Å². The largest absolute Gasteiger partial charge is 0.481 e. The second kappa shape index (κ2) is 14.0. The van der Waals surface area contributed by atoms with Gasteiger partial charge in [-0.1, -0.05) is 0 Å². The van der Waals surface area contributed by atoms with Crippen molar-refractivity contribution in [3.63, 3.8) is 0 Å². The zero-order chi connectivity index (χ0) is 32.0. The average Bonchev–Trinajstić information content (AvgIpc) is 3.61. The van der Waals surface area contributed by atoms with Crippen molar-refractivity contribution in [1.82, 2.24) is 19.5 Å². The number of carboxylic acids is 1. The van der Waals surface area contributed by atoms with E-state index in [1.807, 2.05) is 0 Å². The van der Waals surface area contributed by atoms with Crippen LogP contribution in [0.4, 0.5) is 5.82 Å². The van der Waals surface area contributed by atoms with Crippen molar-refractivity contribution in [2.45, 2.75) is 49.1 Å². The van der Waals surface area contributed by atoms with Crippen LogP contribution >= 0.6 is 15.6 Å². The Morgan fingerprint density at radius 3 is 2.24 bits per heavy atom. The second-order valence-corrected chi connectivity index (χ2v) is 12.7. The number of nitrogen functional groups attached to an aromatic ring is 1. The summed E-state index contributed by atoms with van der Waals surface area (Å²) in [4.78, 5) is 43.1. The van der Waals surface area contributed by atoms with Gasteiger partial charge < -0.3 is 50.5 Å². The topological polar surface area (TPSA) is 312 Å². The Bertz CT molecular complexity index is 1630. The minimum absolute atomic E-state index is 0. The monoisotopic (exact) mass is 688 g/mol. The summed E-state index contributed by atoms with van der Waals surface area (Å²) in [7, 11) is -10.8. The number of rotatable bonds is 11. The fraction of sp³-hybridized carbons (Fsp3) is 0.476. The Morgan fingerprint density at radius 2 is 1.60 bits per heavy atom. The van der Waals surface area contributed by atoms with Gasteiger partial charge in [0, 0.05) is 35.6 Å². The quantitative estimate of drug-likeness (QED) is 0.0573. The molecule has 0 aromatic carbocycles. The molecule has 45 heavy (non-hydrogen) atoms. The van der Waals surface area contributed by atoms with Crippen LogP contribution in [-0.4, -0.2) is 140 Å². The first-order valence-corrected chi connectivity index (χ1v) is 15.5. The molecule has 0 spiro atoms. The van der Waals surface area contributed by atoms with Gasteiger partial charge in [-0.25, -0.2) is 28.9 Å². The second-order valence-electron chi connectivity index (χ2n) is 9.63. The normalized spacial score (nSPS) is 30.9. The Morgan fingerprint density at radius 1 is 0.978 bits per heavy atom. The van der Waals surface area contributed by atoms with Crippen molar-refractivity contribution in [1.29, 1.82) is 0 Å². The van der Waals surface area contributed by atoms with Crippen molar-refractivity contribution in [2.24, 2.45) is 0 Å². The molecule has 3 aromatic heterocycles. The smallest absolute Gasteiger partial charge is 0.477 e. The van der Waals surface area contributed by atoms with Crippen LogP contribution < -0.4 is 10.3 Å². The number of phosphoric acid groups is 2.